The molecule has 0 fully saturated rings. The number of ether oxygens (including phenoxy) is 3. The fourth-order valence-electron chi connectivity index (χ4n) is 3.63. The van der Waals surface area contributed by atoms with Crippen molar-refractivity contribution < 1.29 is 19.0 Å². The van der Waals surface area contributed by atoms with Crippen molar-refractivity contribution in [3.05, 3.63) is 113 Å². The zero-order valence-electron chi connectivity index (χ0n) is 19.7. The number of rotatable bonds is 10. The highest BCUT2D eigenvalue weighted by atomic mass is 35.5. The van der Waals surface area contributed by atoms with Crippen LogP contribution < -0.4 is 19.6 Å². The van der Waals surface area contributed by atoms with E-state index < -0.39 is 5.91 Å². The minimum atomic E-state index is -0.403. The largest absolute Gasteiger partial charge is 0.493 e. The third kappa shape index (κ3) is 6.03. The van der Waals surface area contributed by atoms with Crippen molar-refractivity contribution in [2.24, 2.45) is 5.10 Å². The maximum atomic E-state index is 12.6. The summed E-state index contributed by atoms with van der Waals surface area (Å²) in [6.07, 6.45) is 3.13. The second-order valence-corrected chi connectivity index (χ2v) is 8.21. The van der Waals surface area contributed by atoms with Crippen molar-refractivity contribution >= 4 is 34.5 Å². The van der Waals surface area contributed by atoms with Crippen LogP contribution in [0, 0.1) is 0 Å². The Morgan fingerprint density at radius 3 is 2.61 bits per heavy atom. The predicted molar refractivity (Wildman–Crippen MR) is 143 cm³/mol. The van der Waals surface area contributed by atoms with E-state index in [4.69, 9.17) is 25.8 Å². The van der Waals surface area contributed by atoms with Crippen molar-refractivity contribution in [2.75, 3.05) is 13.7 Å². The molecule has 1 N–H and O–H groups in total. The van der Waals surface area contributed by atoms with E-state index in [1.54, 1.807) is 42.5 Å². The quantitative estimate of drug-likeness (QED) is 0.155. The summed E-state index contributed by atoms with van der Waals surface area (Å²) in [6, 6.07) is 24.4. The summed E-state index contributed by atoms with van der Waals surface area (Å²) in [5, 5.41) is 6.91. The van der Waals surface area contributed by atoms with Gasteiger partial charge in [0.2, 0.25) is 0 Å². The topological polar surface area (TPSA) is 69.2 Å². The number of halogens is 1. The highest BCUT2D eigenvalue weighted by molar-refractivity contribution is 6.30. The van der Waals surface area contributed by atoms with Crippen LogP contribution in [0.4, 0.5) is 0 Å². The maximum Gasteiger partial charge on any atom is 0.271 e. The van der Waals surface area contributed by atoms with E-state index in [1.807, 2.05) is 24.3 Å². The van der Waals surface area contributed by atoms with Crippen molar-refractivity contribution in [1.82, 2.24) is 5.43 Å². The zero-order chi connectivity index (χ0) is 25.3. The Bertz CT molecular complexity index is 1410. The maximum absolute atomic E-state index is 12.6. The monoisotopic (exact) mass is 500 g/mol. The lowest BCUT2D eigenvalue weighted by molar-refractivity contribution is 0.0954. The van der Waals surface area contributed by atoms with Gasteiger partial charge >= 0.3 is 0 Å². The molecule has 0 aliphatic heterocycles. The molecule has 36 heavy (non-hydrogen) atoms. The molecular formula is C29H25ClN2O4. The molecule has 0 saturated carbocycles. The lowest BCUT2D eigenvalue weighted by atomic mass is 10.1. The first-order valence-corrected chi connectivity index (χ1v) is 11.6. The lowest BCUT2D eigenvalue weighted by Crippen LogP contribution is -2.17. The number of carbonyl (C=O) groups excluding carboxylic acids is 1. The van der Waals surface area contributed by atoms with Crippen LogP contribution in [-0.4, -0.2) is 25.8 Å². The van der Waals surface area contributed by atoms with Crippen molar-refractivity contribution in [3.63, 3.8) is 0 Å². The molecule has 0 atom stereocenters. The van der Waals surface area contributed by atoms with Gasteiger partial charge in [-0.15, -0.1) is 0 Å². The predicted octanol–water partition coefficient (Wildman–Crippen LogP) is 6.41. The molecule has 0 aliphatic carbocycles. The molecular weight excluding hydrogens is 476 g/mol. The molecule has 4 rings (SSSR count). The van der Waals surface area contributed by atoms with Gasteiger partial charge in [0.15, 0.2) is 11.5 Å². The van der Waals surface area contributed by atoms with E-state index in [2.05, 4.69) is 35.3 Å². The Balaban J connectivity index is 1.46. The molecule has 0 unspecified atom stereocenters. The number of carbonyl (C=O) groups is 1. The molecule has 0 bridgehead atoms. The Morgan fingerprint density at radius 1 is 0.972 bits per heavy atom. The van der Waals surface area contributed by atoms with E-state index in [-0.39, 0.29) is 0 Å². The van der Waals surface area contributed by atoms with Crippen LogP contribution in [0.1, 0.15) is 21.5 Å². The first-order valence-electron chi connectivity index (χ1n) is 11.2. The third-order valence-corrected chi connectivity index (χ3v) is 5.62. The first-order chi connectivity index (χ1) is 17.6. The van der Waals surface area contributed by atoms with Gasteiger partial charge in [0.25, 0.3) is 5.91 Å². The van der Waals surface area contributed by atoms with Crippen LogP contribution in [0.15, 0.2) is 96.6 Å². The van der Waals surface area contributed by atoms with Gasteiger partial charge in [0.1, 0.15) is 19.0 Å². The normalized spacial score (nSPS) is 10.8. The van der Waals surface area contributed by atoms with Gasteiger partial charge in [0, 0.05) is 16.1 Å². The van der Waals surface area contributed by atoms with Crippen LogP contribution in [0.5, 0.6) is 17.2 Å². The van der Waals surface area contributed by atoms with Gasteiger partial charge in [-0.3, -0.25) is 4.79 Å². The fourth-order valence-corrected chi connectivity index (χ4v) is 3.81. The van der Waals surface area contributed by atoms with Gasteiger partial charge < -0.3 is 14.2 Å². The molecule has 0 spiro atoms. The molecule has 0 aromatic heterocycles. The molecule has 4 aromatic rings. The van der Waals surface area contributed by atoms with Crippen molar-refractivity contribution in [2.45, 2.75) is 6.61 Å². The molecule has 1 amide bonds. The van der Waals surface area contributed by atoms with E-state index in [0.717, 1.165) is 16.3 Å². The zero-order valence-corrected chi connectivity index (χ0v) is 20.5. The van der Waals surface area contributed by atoms with E-state index >= 15 is 0 Å². The minimum absolute atomic E-state index is 0.330. The van der Waals surface area contributed by atoms with Crippen LogP contribution in [-0.2, 0) is 6.61 Å². The standard InChI is InChI=1S/C29H25ClN2O4/c1-3-15-35-27-13-11-21(17-28(27)34-2)29(33)32-31-18-23-16-24(30)12-14-26(23)36-19-22-9-6-8-20-7-4-5-10-25(20)22/h3-14,16-18H,1,15,19H2,2H3,(H,32,33)/b31-18+. The second-order valence-electron chi connectivity index (χ2n) is 7.77. The molecule has 182 valence electrons. The van der Waals surface area contributed by atoms with Crippen LogP contribution >= 0.6 is 11.6 Å². The summed E-state index contributed by atoms with van der Waals surface area (Å²) >= 11 is 6.20. The van der Waals surface area contributed by atoms with Crippen molar-refractivity contribution in [3.8, 4) is 17.2 Å². The number of hydrazone groups is 1. The lowest BCUT2D eigenvalue weighted by Gasteiger charge is -2.12. The smallest absolute Gasteiger partial charge is 0.271 e. The number of nitrogens with one attached hydrogen (secondary N) is 1. The van der Waals surface area contributed by atoms with Gasteiger partial charge in [-0.2, -0.15) is 5.10 Å². The Morgan fingerprint density at radius 2 is 1.78 bits per heavy atom. The van der Waals surface area contributed by atoms with E-state index in [0.29, 0.717) is 46.6 Å². The average molecular weight is 501 g/mol. The van der Waals surface area contributed by atoms with Gasteiger partial charge in [-0.1, -0.05) is 66.7 Å². The Labute approximate surface area is 214 Å². The fraction of sp³-hybridized carbons (Fsp3) is 0.103. The number of benzene rings is 4. The summed E-state index contributed by atoms with van der Waals surface area (Å²) in [5.74, 6) is 1.15. The molecule has 0 heterocycles. The van der Waals surface area contributed by atoms with Crippen molar-refractivity contribution in [1.29, 1.82) is 0 Å². The number of methoxy groups -OCH3 is 1. The summed E-state index contributed by atoms with van der Waals surface area (Å²) in [6.45, 7) is 4.32. The van der Waals surface area contributed by atoms with Gasteiger partial charge in [0.05, 0.1) is 13.3 Å². The van der Waals surface area contributed by atoms with Gasteiger partial charge in [-0.05, 0) is 52.7 Å². The highest BCUT2D eigenvalue weighted by Gasteiger charge is 2.11. The number of fused-ring (bicyclic) bond motifs is 1. The second kappa shape index (κ2) is 11.9. The molecule has 6 nitrogen and oxygen atoms in total. The number of amides is 1. The molecule has 0 aliphatic rings. The number of hydrogen-bond acceptors (Lipinski definition) is 5. The average Bonchev–Trinajstić information content (AvgIpc) is 2.91. The summed E-state index contributed by atoms with van der Waals surface area (Å²) in [5.41, 5.74) is 4.59. The summed E-state index contributed by atoms with van der Waals surface area (Å²) in [7, 11) is 1.51. The molecule has 7 heteroatoms. The van der Waals surface area contributed by atoms with Crippen LogP contribution in [0.2, 0.25) is 5.02 Å². The molecule has 0 radical (unpaired) electrons. The minimum Gasteiger partial charge on any atom is -0.493 e. The van der Waals surface area contributed by atoms with E-state index in [9.17, 15) is 4.79 Å². The number of nitrogens with zero attached hydrogens (tertiary/aromatic N) is 1. The summed E-state index contributed by atoms with van der Waals surface area (Å²) in [4.78, 5) is 12.6. The van der Waals surface area contributed by atoms with Gasteiger partial charge in [-0.25, -0.2) is 5.43 Å². The number of hydrogen-bond donors (Lipinski definition) is 1. The molecule has 0 saturated heterocycles. The third-order valence-electron chi connectivity index (χ3n) is 5.39. The van der Waals surface area contributed by atoms with E-state index in [1.165, 1.54) is 13.3 Å². The van der Waals surface area contributed by atoms with Crippen LogP contribution in [0.3, 0.4) is 0 Å². The van der Waals surface area contributed by atoms with Crippen LogP contribution in [0.25, 0.3) is 10.8 Å². The SMILES string of the molecule is C=CCOc1ccc(C(=O)N/N=C/c2cc(Cl)ccc2OCc2cccc3ccccc23)cc1OC. The molecule has 4 aromatic carbocycles. The Hall–Kier alpha value is -4.29. The summed E-state index contributed by atoms with van der Waals surface area (Å²) < 4.78 is 16.9. The first kappa shape index (κ1) is 24.8. The Kier molecular flexibility index (Phi) is 8.21. The highest BCUT2D eigenvalue weighted by Crippen LogP contribution is 2.28.